The van der Waals surface area contributed by atoms with Gasteiger partial charge in [0.2, 0.25) is 0 Å². The van der Waals surface area contributed by atoms with Gasteiger partial charge in [0.15, 0.2) is 0 Å². The topological polar surface area (TPSA) is 138 Å². The van der Waals surface area contributed by atoms with Gasteiger partial charge in [-0.3, -0.25) is 0 Å². The number of nitrogens with zero attached hydrogens (tertiary/aromatic N) is 2. The van der Waals surface area contributed by atoms with Crippen molar-refractivity contribution in [2.24, 2.45) is 0 Å². The largest absolute Gasteiger partial charge is 2.00 e. The van der Waals surface area contributed by atoms with E-state index in [4.69, 9.17) is 9.97 Å². The molecule has 3 aromatic rings. The Labute approximate surface area is 236 Å². The zero-order valence-electron chi connectivity index (χ0n) is 22.2. The van der Waals surface area contributed by atoms with Gasteiger partial charge < -0.3 is 29.8 Å². The van der Waals surface area contributed by atoms with E-state index < -0.39 is 11.9 Å². The number of fused-ring (bicyclic) bond motifs is 8. The normalized spacial score (nSPS) is 12.8. The number of hydrogen-bond donors (Lipinski definition) is 2. The summed E-state index contributed by atoms with van der Waals surface area (Å²) in [5, 5.41) is 22.6. The van der Waals surface area contributed by atoms with Crippen LogP contribution in [0.25, 0.3) is 44.9 Å². The van der Waals surface area contributed by atoms with Crippen LogP contribution in [0.3, 0.4) is 0 Å². The monoisotopic (exact) mass is 564 g/mol. The minimum absolute atomic E-state index is 0. The van der Waals surface area contributed by atoms with Crippen LogP contribution >= 0.6 is 0 Å². The Morgan fingerprint density at radius 3 is 2.18 bits per heavy atom. The third-order valence-corrected chi connectivity index (χ3v) is 7.24. The van der Waals surface area contributed by atoms with Crippen molar-refractivity contribution in [2.75, 3.05) is 0 Å². The van der Waals surface area contributed by atoms with Crippen molar-refractivity contribution in [2.45, 2.75) is 53.4 Å². The summed E-state index contributed by atoms with van der Waals surface area (Å²) in [7, 11) is 0. The number of allylic oxidation sites excluding steroid dienone is 3. The predicted molar refractivity (Wildman–Crippen MR) is 144 cm³/mol. The molecular formula is C30H28FeN4O4. The molecule has 200 valence electrons. The summed E-state index contributed by atoms with van der Waals surface area (Å²) in [5.41, 5.74) is 12.0. The Kier molecular flexibility index (Phi) is 7.95. The molecule has 0 unspecified atom stereocenters. The number of H-pyrrole nitrogens is 2. The van der Waals surface area contributed by atoms with E-state index in [0.29, 0.717) is 5.69 Å². The van der Waals surface area contributed by atoms with E-state index in [9.17, 15) is 19.8 Å². The number of carbonyl (C=O) groups excluding carboxylic acids is 2. The van der Waals surface area contributed by atoms with Gasteiger partial charge in [0.05, 0.1) is 22.8 Å². The van der Waals surface area contributed by atoms with Gasteiger partial charge in [0.25, 0.3) is 0 Å². The molecule has 5 rings (SSSR count). The molecule has 2 aliphatic heterocycles. The number of hydrogen-bond acceptors (Lipinski definition) is 6. The first-order valence-electron chi connectivity index (χ1n) is 12.6. The van der Waals surface area contributed by atoms with Crippen LogP contribution in [0.1, 0.15) is 72.6 Å². The van der Waals surface area contributed by atoms with Crippen LogP contribution in [-0.2, 0) is 33.1 Å². The smallest absolute Gasteiger partial charge is 0.550 e. The van der Waals surface area contributed by atoms with Crippen molar-refractivity contribution >= 4 is 56.8 Å². The van der Waals surface area contributed by atoms with Gasteiger partial charge >= 0.3 is 17.1 Å². The first kappa shape index (κ1) is 28.1. The van der Waals surface area contributed by atoms with Crippen LogP contribution in [-0.4, -0.2) is 31.9 Å². The zero-order valence-corrected chi connectivity index (χ0v) is 23.3. The summed E-state index contributed by atoms with van der Waals surface area (Å²) in [6.45, 7) is 7.93. The van der Waals surface area contributed by atoms with Gasteiger partial charge in [-0.25, -0.2) is 9.97 Å². The van der Waals surface area contributed by atoms with E-state index >= 15 is 0 Å². The molecule has 0 atom stereocenters. The molecule has 8 bridgehead atoms. The molecular weight excluding hydrogens is 536 g/mol. The number of carbonyl (C=O) groups is 2. The van der Waals surface area contributed by atoms with Gasteiger partial charge in [0, 0.05) is 34.0 Å². The van der Waals surface area contributed by atoms with Crippen LogP contribution in [0.2, 0.25) is 0 Å². The standard InChI is InChI=1S/C30H30N4O4.Fe/c1-15-9-20-12-25-17(3)21(5-7-29(35)36)27(33-25)14-28-22(6-8-30(37)38)18(4)26(34-28)13-24-16(2)10-19(32-24)11-23(15)31-20;/h9-14,32-33H,5-8H2,1-4H3,(H,35,36)(H,37,38);/q;+2/p-2. The maximum atomic E-state index is 11.3. The molecule has 3 aromatic heterocycles. The van der Waals surface area contributed by atoms with Gasteiger partial charge in [-0.05, 0) is 123 Å². The summed E-state index contributed by atoms with van der Waals surface area (Å²) >= 11 is 0. The Morgan fingerprint density at radius 2 is 1.46 bits per heavy atom. The predicted octanol–water partition coefficient (Wildman–Crippen LogP) is 3.63. The van der Waals surface area contributed by atoms with Gasteiger partial charge in [-0.1, -0.05) is 0 Å². The second kappa shape index (κ2) is 11.0. The molecule has 0 aliphatic carbocycles. The Bertz CT molecular complexity index is 1730. The number of carboxylic acids is 2. The average Bonchev–Trinajstić information content (AvgIpc) is 3.53. The SMILES string of the molecule is CC1=Cc2cc3[nH]c(cc4nc(cc5[nH]c(cc1n2)cc5C)C(C)=C4CCC(=O)[O-])c(CCC(=O)[O-])c3C.[Fe+2]. The van der Waals surface area contributed by atoms with E-state index in [1.807, 2.05) is 58.0 Å². The number of aryl methyl sites for hydroxylation is 3. The maximum absolute atomic E-state index is 11.3. The van der Waals surface area contributed by atoms with Gasteiger partial charge in [0.1, 0.15) is 0 Å². The van der Waals surface area contributed by atoms with E-state index in [-0.39, 0.29) is 42.8 Å². The third kappa shape index (κ3) is 5.75. The van der Waals surface area contributed by atoms with E-state index in [0.717, 1.165) is 72.6 Å². The molecule has 5 heterocycles. The zero-order chi connectivity index (χ0) is 27.1. The van der Waals surface area contributed by atoms with E-state index in [1.165, 1.54) is 0 Å². The number of aliphatic carboxylic acids is 2. The van der Waals surface area contributed by atoms with Crippen LogP contribution < -0.4 is 10.2 Å². The molecule has 9 heteroatoms. The van der Waals surface area contributed by atoms with Crippen LogP contribution in [0.5, 0.6) is 0 Å². The summed E-state index contributed by atoms with van der Waals surface area (Å²) in [6, 6.07) is 9.88. The summed E-state index contributed by atoms with van der Waals surface area (Å²) < 4.78 is 0. The maximum Gasteiger partial charge on any atom is 2.00 e. The Balaban J connectivity index is 0.00000353. The van der Waals surface area contributed by atoms with Crippen LogP contribution in [0.4, 0.5) is 0 Å². The summed E-state index contributed by atoms with van der Waals surface area (Å²) in [6.07, 6.45) is 2.33. The Hall–Kier alpha value is -3.94. The molecule has 8 nitrogen and oxygen atoms in total. The summed E-state index contributed by atoms with van der Waals surface area (Å²) in [4.78, 5) is 39.2. The minimum atomic E-state index is -1.13. The second-order valence-corrected chi connectivity index (χ2v) is 9.93. The molecule has 2 N–H and O–H groups in total. The molecule has 0 spiro atoms. The van der Waals surface area contributed by atoms with Gasteiger partial charge in [-0.15, -0.1) is 0 Å². The third-order valence-electron chi connectivity index (χ3n) is 7.24. The van der Waals surface area contributed by atoms with Crippen molar-refractivity contribution in [1.29, 1.82) is 0 Å². The fourth-order valence-corrected chi connectivity index (χ4v) is 5.10. The van der Waals surface area contributed by atoms with Crippen molar-refractivity contribution in [3.05, 3.63) is 69.8 Å². The second-order valence-electron chi connectivity index (χ2n) is 9.93. The fourth-order valence-electron chi connectivity index (χ4n) is 5.10. The van der Waals surface area contributed by atoms with E-state index in [1.54, 1.807) is 0 Å². The van der Waals surface area contributed by atoms with Crippen molar-refractivity contribution in [1.82, 2.24) is 19.9 Å². The quantitative estimate of drug-likeness (QED) is 0.439. The molecule has 2 aliphatic rings. The first-order valence-corrected chi connectivity index (χ1v) is 12.6. The fraction of sp³-hybridized carbons (Fsp3) is 0.267. The number of nitrogens with one attached hydrogen (secondary N) is 2. The molecule has 0 saturated carbocycles. The number of aromatic amines is 2. The minimum Gasteiger partial charge on any atom is -0.550 e. The van der Waals surface area contributed by atoms with E-state index in [2.05, 4.69) is 16.0 Å². The number of aromatic nitrogens is 4. The van der Waals surface area contributed by atoms with Crippen molar-refractivity contribution < 1.29 is 36.9 Å². The molecule has 0 amide bonds. The molecule has 0 saturated heterocycles. The molecule has 39 heavy (non-hydrogen) atoms. The van der Waals surface area contributed by atoms with Crippen molar-refractivity contribution in [3.8, 4) is 0 Å². The molecule has 0 aromatic carbocycles. The molecule has 0 radical (unpaired) electrons. The van der Waals surface area contributed by atoms with Crippen molar-refractivity contribution in [3.63, 3.8) is 0 Å². The first-order chi connectivity index (χ1) is 18.1. The number of carboxylic acid groups (broad SMARTS) is 2. The summed E-state index contributed by atoms with van der Waals surface area (Å²) in [5.74, 6) is -2.25. The average molecular weight is 564 g/mol. The van der Waals surface area contributed by atoms with Crippen LogP contribution in [0.15, 0.2) is 30.3 Å². The Morgan fingerprint density at radius 1 is 0.769 bits per heavy atom. The van der Waals surface area contributed by atoms with Gasteiger partial charge in [-0.2, -0.15) is 0 Å². The molecule has 0 fully saturated rings. The van der Waals surface area contributed by atoms with Crippen LogP contribution in [0, 0.1) is 13.8 Å². The number of rotatable bonds is 6.